The van der Waals surface area contributed by atoms with Crippen LogP contribution in [0.2, 0.25) is 0 Å². The number of nitrogens with zero attached hydrogens (tertiary/aromatic N) is 1. The summed E-state index contributed by atoms with van der Waals surface area (Å²) in [5, 5.41) is 13.9. The number of benzene rings is 2. The smallest absolute Gasteiger partial charge is 0.218 e. The Morgan fingerprint density at radius 1 is 1.10 bits per heavy atom. The van der Waals surface area contributed by atoms with Crippen molar-refractivity contribution < 1.29 is 5.11 Å². The lowest BCUT2D eigenvalue weighted by atomic mass is 10.1. The number of aryl methyl sites for hydroxylation is 1. The zero-order chi connectivity index (χ0) is 14.6. The van der Waals surface area contributed by atoms with Gasteiger partial charge in [-0.25, -0.2) is 4.99 Å². The summed E-state index contributed by atoms with van der Waals surface area (Å²) in [6, 6.07) is 14.0. The molecule has 2 aromatic carbocycles. The molecule has 1 unspecified atom stereocenters. The van der Waals surface area contributed by atoms with Crippen molar-refractivity contribution in [1.29, 1.82) is 0 Å². The highest BCUT2D eigenvalue weighted by Crippen LogP contribution is 2.28. The van der Waals surface area contributed by atoms with E-state index in [1.54, 1.807) is 0 Å². The van der Waals surface area contributed by atoms with Gasteiger partial charge in [0.25, 0.3) is 0 Å². The molecule has 104 valence electrons. The van der Waals surface area contributed by atoms with Gasteiger partial charge in [0.1, 0.15) is 0 Å². The van der Waals surface area contributed by atoms with Crippen molar-refractivity contribution in [3.63, 3.8) is 0 Å². The predicted octanol–water partition coefficient (Wildman–Crippen LogP) is 2.04. The largest absolute Gasteiger partial charge is 0.361 e. The number of fused-ring (bicyclic) bond motifs is 2. The van der Waals surface area contributed by atoms with Crippen LogP contribution in [0, 0.1) is 13.8 Å². The number of nitrogens with one attached hydrogen (secondary N) is 1. The van der Waals surface area contributed by atoms with Crippen molar-refractivity contribution in [2.75, 3.05) is 0 Å². The molecule has 2 heterocycles. The Kier molecular flexibility index (Phi) is 2.39. The first kappa shape index (κ1) is 12.4. The number of H-pyrrole nitrogens is 1. The van der Waals surface area contributed by atoms with E-state index in [0.717, 1.165) is 27.0 Å². The minimum atomic E-state index is -1.31. The second-order valence-electron chi connectivity index (χ2n) is 5.70. The normalized spacial score (nSPS) is 20.1. The van der Waals surface area contributed by atoms with Crippen LogP contribution in [-0.4, -0.2) is 10.1 Å². The molecule has 0 radical (unpaired) electrons. The molecule has 0 amide bonds. The van der Waals surface area contributed by atoms with Crippen LogP contribution in [0.25, 0.3) is 17.0 Å². The average Bonchev–Trinajstić information content (AvgIpc) is 3.05. The van der Waals surface area contributed by atoms with Crippen molar-refractivity contribution in [2.45, 2.75) is 19.6 Å². The summed E-state index contributed by atoms with van der Waals surface area (Å²) in [5.41, 5.74) is 2.72. The molecule has 0 saturated carbocycles. The molecule has 2 N–H and O–H groups in total. The molecule has 1 aliphatic heterocycles. The first-order valence-corrected chi connectivity index (χ1v) is 7.06. The van der Waals surface area contributed by atoms with Crippen molar-refractivity contribution in [3.05, 3.63) is 69.9 Å². The fraction of sp³-hybridized carbons (Fsp3) is 0.167. The molecule has 1 aliphatic rings. The predicted molar refractivity (Wildman–Crippen MR) is 83.4 cm³/mol. The first-order chi connectivity index (χ1) is 10.1. The number of para-hydroxylation sites is 1. The molecule has 3 heteroatoms. The lowest BCUT2D eigenvalue weighted by Crippen LogP contribution is -2.25. The summed E-state index contributed by atoms with van der Waals surface area (Å²) < 4.78 is 0. The molecule has 0 bridgehead atoms. The lowest BCUT2D eigenvalue weighted by Gasteiger charge is -2.14. The monoisotopic (exact) mass is 276 g/mol. The summed E-state index contributed by atoms with van der Waals surface area (Å²) in [6.07, 6.45) is 1.82. The molecule has 1 atom stereocenters. The third kappa shape index (κ3) is 1.74. The molecule has 3 nitrogen and oxygen atoms in total. The van der Waals surface area contributed by atoms with Crippen LogP contribution in [0.1, 0.15) is 16.8 Å². The summed E-state index contributed by atoms with van der Waals surface area (Å²) in [4.78, 5) is 7.85. The molecular formula is C18H16N2O. The fourth-order valence-electron chi connectivity index (χ4n) is 2.92. The second kappa shape index (κ2) is 4.06. The molecule has 3 aromatic rings. The van der Waals surface area contributed by atoms with Gasteiger partial charge in [0, 0.05) is 10.7 Å². The van der Waals surface area contributed by atoms with Crippen LogP contribution < -0.4 is 10.6 Å². The summed E-state index contributed by atoms with van der Waals surface area (Å²) in [6.45, 7) is 4.11. The van der Waals surface area contributed by atoms with Gasteiger partial charge in [-0.3, -0.25) is 0 Å². The number of aromatic amines is 1. The molecule has 1 aromatic heterocycles. The molecule has 0 saturated heterocycles. The number of hydrogen-bond acceptors (Lipinski definition) is 2. The van der Waals surface area contributed by atoms with Gasteiger partial charge in [-0.15, -0.1) is 0 Å². The van der Waals surface area contributed by atoms with E-state index in [9.17, 15) is 5.11 Å². The Morgan fingerprint density at radius 3 is 2.71 bits per heavy atom. The van der Waals surface area contributed by atoms with Crippen molar-refractivity contribution >= 4 is 17.0 Å². The zero-order valence-corrected chi connectivity index (χ0v) is 12.0. The van der Waals surface area contributed by atoms with E-state index in [1.807, 2.05) is 49.4 Å². The van der Waals surface area contributed by atoms with Crippen LogP contribution in [-0.2, 0) is 5.72 Å². The molecule has 21 heavy (non-hydrogen) atoms. The molecule has 0 spiro atoms. The van der Waals surface area contributed by atoms with Gasteiger partial charge in [0.15, 0.2) is 0 Å². The van der Waals surface area contributed by atoms with Crippen molar-refractivity contribution in [2.24, 2.45) is 4.99 Å². The summed E-state index contributed by atoms with van der Waals surface area (Å²) in [5.74, 6) is 0. The first-order valence-electron chi connectivity index (χ1n) is 7.06. The number of aliphatic hydroxyl groups is 1. The van der Waals surface area contributed by atoms with Crippen LogP contribution in [0.3, 0.4) is 0 Å². The quantitative estimate of drug-likeness (QED) is 0.702. The fourth-order valence-corrected chi connectivity index (χ4v) is 2.92. The van der Waals surface area contributed by atoms with E-state index in [2.05, 4.69) is 23.0 Å². The van der Waals surface area contributed by atoms with Gasteiger partial charge in [0.05, 0.1) is 11.1 Å². The maximum absolute atomic E-state index is 10.9. The van der Waals surface area contributed by atoms with Gasteiger partial charge >= 0.3 is 0 Å². The number of rotatable bonds is 1. The van der Waals surface area contributed by atoms with Gasteiger partial charge in [-0.1, -0.05) is 30.3 Å². The highest BCUT2D eigenvalue weighted by atomic mass is 16.3. The van der Waals surface area contributed by atoms with Gasteiger partial charge < -0.3 is 10.1 Å². The Labute approximate surface area is 122 Å². The SMILES string of the molecule is Cc1ccc2c(c1C)=NC(O)(c1cc3ccccc3[nH]1)C=2. The van der Waals surface area contributed by atoms with Crippen molar-refractivity contribution in [1.82, 2.24) is 4.98 Å². The zero-order valence-electron chi connectivity index (χ0n) is 12.0. The van der Waals surface area contributed by atoms with E-state index >= 15 is 0 Å². The lowest BCUT2D eigenvalue weighted by molar-refractivity contribution is 0.112. The summed E-state index contributed by atoms with van der Waals surface area (Å²) >= 11 is 0. The highest BCUT2D eigenvalue weighted by molar-refractivity contribution is 5.81. The maximum atomic E-state index is 10.9. The Hall–Kier alpha value is -2.39. The Balaban J connectivity index is 1.96. The second-order valence-corrected chi connectivity index (χ2v) is 5.70. The van der Waals surface area contributed by atoms with Crippen LogP contribution >= 0.6 is 0 Å². The highest BCUT2D eigenvalue weighted by Gasteiger charge is 2.30. The van der Waals surface area contributed by atoms with E-state index in [-0.39, 0.29) is 0 Å². The van der Waals surface area contributed by atoms with E-state index in [4.69, 9.17) is 0 Å². The van der Waals surface area contributed by atoms with E-state index < -0.39 is 5.72 Å². The number of aromatic nitrogens is 1. The van der Waals surface area contributed by atoms with E-state index in [0.29, 0.717) is 5.69 Å². The molecule has 0 aliphatic carbocycles. The van der Waals surface area contributed by atoms with Crippen LogP contribution in [0.4, 0.5) is 0 Å². The van der Waals surface area contributed by atoms with Gasteiger partial charge in [0.2, 0.25) is 5.72 Å². The number of hydrogen-bond donors (Lipinski definition) is 2. The molecule has 0 fully saturated rings. The van der Waals surface area contributed by atoms with Gasteiger partial charge in [-0.05, 0) is 48.6 Å². The minimum Gasteiger partial charge on any atom is -0.361 e. The topological polar surface area (TPSA) is 48.4 Å². The van der Waals surface area contributed by atoms with Gasteiger partial charge in [-0.2, -0.15) is 0 Å². The van der Waals surface area contributed by atoms with Crippen LogP contribution in [0.5, 0.6) is 0 Å². The van der Waals surface area contributed by atoms with Crippen LogP contribution in [0.15, 0.2) is 47.5 Å². The third-order valence-electron chi connectivity index (χ3n) is 4.30. The Bertz CT molecular complexity index is 951. The third-order valence-corrected chi connectivity index (χ3v) is 4.30. The minimum absolute atomic E-state index is 0.706. The van der Waals surface area contributed by atoms with E-state index in [1.165, 1.54) is 5.56 Å². The molecule has 4 rings (SSSR count). The maximum Gasteiger partial charge on any atom is 0.218 e. The molecular weight excluding hydrogens is 260 g/mol. The van der Waals surface area contributed by atoms with Crippen molar-refractivity contribution in [3.8, 4) is 0 Å². The standard InChI is InChI=1S/C18H16N2O/c1-11-7-8-14-10-18(21,20-17(14)12(11)2)16-9-13-5-3-4-6-15(13)19-16/h3-10,19,21H,1-2H3. The summed E-state index contributed by atoms with van der Waals surface area (Å²) in [7, 11) is 0. The Morgan fingerprint density at radius 2 is 1.90 bits per heavy atom. The average molecular weight is 276 g/mol.